The number of carboxylic acids is 1. The summed E-state index contributed by atoms with van der Waals surface area (Å²) in [5.41, 5.74) is 1.55. The smallest absolute Gasteiger partial charge is 0.341 e. The standard InChI is InChI=1S/C13H17NO4/c1-3-4-12(15)14-11-6-5-10(7-9(11)2)18-8-13(16)17/h5-7H,3-4,8H2,1-2H3,(H,14,15)(H,16,17). The number of hydrogen-bond acceptors (Lipinski definition) is 3. The van der Waals surface area contributed by atoms with Crippen molar-refractivity contribution < 1.29 is 19.4 Å². The number of benzene rings is 1. The van der Waals surface area contributed by atoms with Crippen molar-refractivity contribution in [3.8, 4) is 5.75 Å². The van der Waals surface area contributed by atoms with Crippen molar-refractivity contribution in [1.82, 2.24) is 0 Å². The van der Waals surface area contributed by atoms with E-state index in [4.69, 9.17) is 9.84 Å². The zero-order valence-corrected chi connectivity index (χ0v) is 10.5. The maximum atomic E-state index is 11.4. The number of carbonyl (C=O) groups is 2. The molecule has 0 aromatic heterocycles. The Hall–Kier alpha value is -2.04. The van der Waals surface area contributed by atoms with Crippen molar-refractivity contribution in [2.45, 2.75) is 26.7 Å². The van der Waals surface area contributed by atoms with Crippen molar-refractivity contribution in [3.05, 3.63) is 23.8 Å². The molecule has 5 nitrogen and oxygen atoms in total. The molecule has 98 valence electrons. The van der Waals surface area contributed by atoms with Gasteiger partial charge in [0.2, 0.25) is 5.91 Å². The lowest BCUT2D eigenvalue weighted by atomic mass is 10.2. The number of nitrogens with one attached hydrogen (secondary N) is 1. The number of carbonyl (C=O) groups excluding carboxylic acids is 1. The Balaban J connectivity index is 2.67. The largest absolute Gasteiger partial charge is 0.482 e. The molecule has 0 saturated heterocycles. The van der Waals surface area contributed by atoms with Crippen LogP contribution in [-0.2, 0) is 9.59 Å². The summed E-state index contributed by atoms with van der Waals surface area (Å²) < 4.78 is 5.04. The third-order valence-corrected chi connectivity index (χ3v) is 2.31. The number of amides is 1. The summed E-state index contributed by atoms with van der Waals surface area (Å²) in [6.45, 7) is 3.39. The van der Waals surface area contributed by atoms with Gasteiger partial charge in [-0.05, 0) is 37.1 Å². The molecule has 0 aliphatic rings. The fourth-order valence-electron chi connectivity index (χ4n) is 1.45. The Morgan fingerprint density at radius 3 is 2.67 bits per heavy atom. The number of rotatable bonds is 6. The zero-order chi connectivity index (χ0) is 13.5. The van der Waals surface area contributed by atoms with Crippen molar-refractivity contribution >= 4 is 17.6 Å². The summed E-state index contributed by atoms with van der Waals surface area (Å²) in [6.07, 6.45) is 1.28. The molecule has 0 unspecified atom stereocenters. The Morgan fingerprint density at radius 2 is 2.11 bits per heavy atom. The van der Waals surface area contributed by atoms with Crippen LogP contribution in [0.2, 0.25) is 0 Å². The molecule has 0 saturated carbocycles. The summed E-state index contributed by atoms with van der Waals surface area (Å²) in [6, 6.07) is 5.04. The van der Waals surface area contributed by atoms with E-state index in [1.165, 1.54) is 0 Å². The Kier molecular flexibility index (Phi) is 5.17. The van der Waals surface area contributed by atoms with Gasteiger partial charge in [-0.15, -0.1) is 0 Å². The average Bonchev–Trinajstić information content (AvgIpc) is 2.30. The summed E-state index contributed by atoms with van der Waals surface area (Å²) in [7, 11) is 0. The van der Waals surface area contributed by atoms with Crippen LogP contribution >= 0.6 is 0 Å². The summed E-state index contributed by atoms with van der Waals surface area (Å²) in [5, 5.41) is 11.3. The highest BCUT2D eigenvalue weighted by Gasteiger charge is 2.06. The van der Waals surface area contributed by atoms with Crippen LogP contribution in [0.3, 0.4) is 0 Å². The SMILES string of the molecule is CCCC(=O)Nc1ccc(OCC(=O)O)cc1C. The lowest BCUT2D eigenvalue weighted by molar-refractivity contribution is -0.139. The maximum absolute atomic E-state index is 11.4. The molecule has 0 fully saturated rings. The van der Waals surface area contributed by atoms with Crippen LogP contribution in [-0.4, -0.2) is 23.6 Å². The number of anilines is 1. The van der Waals surface area contributed by atoms with Gasteiger partial charge in [0.05, 0.1) is 0 Å². The van der Waals surface area contributed by atoms with Gasteiger partial charge in [-0.25, -0.2) is 4.79 Å². The van der Waals surface area contributed by atoms with Crippen molar-refractivity contribution in [1.29, 1.82) is 0 Å². The van der Waals surface area contributed by atoms with E-state index in [0.717, 1.165) is 17.7 Å². The molecule has 0 atom stereocenters. The molecule has 0 aliphatic heterocycles. The first-order chi connectivity index (χ1) is 8.52. The van der Waals surface area contributed by atoms with E-state index in [9.17, 15) is 9.59 Å². The van der Waals surface area contributed by atoms with E-state index < -0.39 is 5.97 Å². The molecule has 0 aliphatic carbocycles. The molecule has 18 heavy (non-hydrogen) atoms. The molecule has 0 heterocycles. The topological polar surface area (TPSA) is 75.6 Å². The summed E-state index contributed by atoms with van der Waals surface area (Å²) in [4.78, 5) is 21.8. The third kappa shape index (κ3) is 4.45. The minimum atomic E-state index is -1.02. The van der Waals surface area contributed by atoms with Crippen molar-refractivity contribution in [2.75, 3.05) is 11.9 Å². The van der Waals surface area contributed by atoms with Crippen LogP contribution < -0.4 is 10.1 Å². The normalized spacial score (nSPS) is 9.89. The fraction of sp³-hybridized carbons (Fsp3) is 0.385. The minimum Gasteiger partial charge on any atom is -0.482 e. The molecule has 2 N–H and O–H groups in total. The number of aryl methyl sites for hydroxylation is 1. The second-order valence-electron chi connectivity index (χ2n) is 3.96. The van der Waals surface area contributed by atoms with Crippen LogP contribution in [0, 0.1) is 6.92 Å². The van der Waals surface area contributed by atoms with Crippen molar-refractivity contribution in [3.63, 3.8) is 0 Å². The fourth-order valence-corrected chi connectivity index (χ4v) is 1.45. The Morgan fingerprint density at radius 1 is 1.39 bits per heavy atom. The van der Waals surface area contributed by atoms with Gasteiger partial charge in [0.25, 0.3) is 0 Å². The van der Waals surface area contributed by atoms with Crippen LogP contribution in [0.1, 0.15) is 25.3 Å². The van der Waals surface area contributed by atoms with E-state index in [-0.39, 0.29) is 12.5 Å². The number of carboxylic acid groups (broad SMARTS) is 1. The summed E-state index contributed by atoms with van der Waals surface area (Å²) in [5.74, 6) is -0.573. The van der Waals surface area contributed by atoms with Crippen LogP contribution in [0.5, 0.6) is 5.75 Å². The lowest BCUT2D eigenvalue weighted by Crippen LogP contribution is -2.12. The van der Waals surface area contributed by atoms with Gasteiger partial charge >= 0.3 is 5.97 Å². The first-order valence-corrected chi connectivity index (χ1v) is 5.78. The van der Waals surface area contributed by atoms with Gasteiger partial charge in [0.1, 0.15) is 5.75 Å². The Bertz CT molecular complexity index is 443. The van der Waals surface area contributed by atoms with Gasteiger partial charge < -0.3 is 15.2 Å². The van der Waals surface area contributed by atoms with Gasteiger partial charge in [-0.2, -0.15) is 0 Å². The molecule has 0 spiro atoms. The first-order valence-electron chi connectivity index (χ1n) is 5.78. The van der Waals surface area contributed by atoms with Crippen LogP contribution in [0.15, 0.2) is 18.2 Å². The second-order valence-corrected chi connectivity index (χ2v) is 3.96. The molecule has 0 bridgehead atoms. The first kappa shape index (κ1) is 14.0. The lowest BCUT2D eigenvalue weighted by Gasteiger charge is -2.10. The predicted molar refractivity (Wildman–Crippen MR) is 67.8 cm³/mol. The molecule has 0 radical (unpaired) electrons. The van der Waals surface area contributed by atoms with Gasteiger partial charge in [-0.1, -0.05) is 6.92 Å². The molecule has 1 aromatic carbocycles. The number of aliphatic carboxylic acids is 1. The summed E-state index contributed by atoms with van der Waals surface area (Å²) >= 11 is 0. The quantitative estimate of drug-likeness (QED) is 0.812. The van der Waals surface area contributed by atoms with Gasteiger partial charge in [0, 0.05) is 12.1 Å². The molecular formula is C13H17NO4. The van der Waals surface area contributed by atoms with Crippen LogP contribution in [0.25, 0.3) is 0 Å². The maximum Gasteiger partial charge on any atom is 0.341 e. The Labute approximate surface area is 106 Å². The zero-order valence-electron chi connectivity index (χ0n) is 10.5. The van der Waals surface area contributed by atoms with E-state index in [1.54, 1.807) is 18.2 Å². The van der Waals surface area contributed by atoms with E-state index in [0.29, 0.717) is 12.2 Å². The van der Waals surface area contributed by atoms with Gasteiger partial charge in [0.15, 0.2) is 6.61 Å². The minimum absolute atomic E-state index is 0.0280. The molecule has 1 rings (SSSR count). The molecule has 1 amide bonds. The third-order valence-electron chi connectivity index (χ3n) is 2.31. The van der Waals surface area contributed by atoms with Crippen molar-refractivity contribution in [2.24, 2.45) is 0 Å². The highest BCUT2D eigenvalue weighted by molar-refractivity contribution is 5.91. The number of hydrogen-bond donors (Lipinski definition) is 2. The van der Waals surface area contributed by atoms with E-state index >= 15 is 0 Å². The molecule has 1 aromatic rings. The van der Waals surface area contributed by atoms with Crippen LogP contribution in [0.4, 0.5) is 5.69 Å². The van der Waals surface area contributed by atoms with E-state index in [2.05, 4.69) is 5.32 Å². The van der Waals surface area contributed by atoms with E-state index in [1.807, 2.05) is 13.8 Å². The highest BCUT2D eigenvalue weighted by Crippen LogP contribution is 2.21. The van der Waals surface area contributed by atoms with Gasteiger partial charge in [-0.3, -0.25) is 4.79 Å². The number of ether oxygens (including phenoxy) is 1. The predicted octanol–water partition coefficient (Wildman–Crippen LogP) is 2.20. The highest BCUT2D eigenvalue weighted by atomic mass is 16.5. The molecular weight excluding hydrogens is 234 g/mol. The average molecular weight is 251 g/mol. The monoisotopic (exact) mass is 251 g/mol. The molecule has 5 heteroatoms. The second kappa shape index (κ2) is 6.64.